The van der Waals surface area contributed by atoms with Crippen molar-refractivity contribution in [2.75, 3.05) is 0 Å². The van der Waals surface area contributed by atoms with E-state index < -0.39 is 0 Å². The van der Waals surface area contributed by atoms with E-state index in [9.17, 15) is 4.79 Å². The molecule has 0 saturated heterocycles. The first-order valence-corrected chi connectivity index (χ1v) is 9.89. The highest BCUT2D eigenvalue weighted by atomic mass is 31.0. The molecule has 3 aliphatic carbocycles. The van der Waals surface area contributed by atoms with Gasteiger partial charge in [-0.3, -0.25) is 4.79 Å². The van der Waals surface area contributed by atoms with Gasteiger partial charge in [-0.2, -0.15) is 0 Å². The van der Waals surface area contributed by atoms with E-state index in [-0.39, 0.29) is 16.4 Å². The van der Waals surface area contributed by atoms with Crippen LogP contribution in [0.15, 0.2) is 64.8 Å². The maximum atomic E-state index is 13.5. The molecule has 0 bridgehead atoms. The number of allylic oxidation sites excluding steroid dienone is 6. The van der Waals surface area contributed by atoms with Gasteiger partial charge in [-0.15, -0.1) is 9.24 Å². The SMILES string of the molecule is CC1=C(C)C[C@@]2(P)C(=C1)C(=O)C1=CC(C)C(C)C[C@@]12c1ccccc1. The lowest BCUT2D eigenvalue weighted by molar-refractivity contribution is -0.112. The van der Waals surface area contributed by atoms with Gasteiger partial charge in [-0.1, -0.05) is 67.5 Å². The van der Waals surface area contributed by atoms with E-state index in [0.717, 1.165) is 24.0 Å². The Labute approximate surface area is 153 Å². The third-order valence-corrected chi connectivity index (χ3v) is 8.00. The Morgan fingerprint density at radius 2 is 1.76 bits per heavy atom. The number of carbonyl (C=O) groups excluding carboxylic acids is 1. The molecular formula is C23H27OP. The van der Waals surface area contributed by atoms with Crippen molar-refractivity contribution in [3.8, 4) is 0 Å². The summed E-state index contributed by atoms with van der Waals surface area (Å²) in [7, 11) is 3.14. The Morgan fingerprint density at radius 3 is 2.44 bits per heavy atom. The fourth-order valence-electron chi connectivity index (χ4n) is 5.21. The van der Waals surface area contributed by atoms with Gasteiger partial charge in [0.1, 0.15) is 0 Å². The van der Waals surface area contributed by atoms with Crippen molar-refractivity contribution in [2.24, 2.45) is 11.8 Å². The van der Waals surface area contributed by atoms with E-state index in [1.54, 1.807) is 0 Å². The van der Waals surface area contributed by atoms with Gasteiger partial charge >= 0.3 is 0 Å². The molecule has 0 amide bonds. The molecule has 1 saturated carbocycles. The second-order valence-corrected chi connectivity index (χ2v) is 9.38. The summed E-state index contributed by atoms with van der Waals surface area (Å²) in [6.07, 6.45) is 6.41. The minimum atomic E-state index is -0.227. The first-order chi connectivity index (χ1) is 11.8. The highest BCUT2D eigenvalue weighted by Crippen LogP contribution is 2.65. The second kappa shape index (κ2) is 5.52. The topological polar surface area (TPSA) is 17.1 Å². The molecule has 1 aromatic rings. The zero-order valence-corrected chi connectivity index (χ0v) is 16.8. The summed E-state index contributed by atoms with van der Waals surface area (Å²) in [5.74, 6) is 1.27. The molecule has 25 heavy (non-hydrogen) atoms. The minimum Gasteiger partial charge on any atom is -0.289 e. The molecule has 1 nitrogen and oxygen atoms in total. The third kappa shape index (κ3) is 2.08. The van der Waals surface area contributed by atoms with E-state index in [2.05, 4.69) is 79.4 Å². The molecule has 0 spiro atoms. The average molecular weight is 350 g/mol. The Morgan fingerprint density at radius 1 is 1.08 bits per heavy atom. The fraction of sp³-hybridized carbons (Fsp3) is 0.435. The predicted octanol–water partition coefficient (Wildman–Crippen LogP) is 5.39. The van der Waals surface area contributed by atoms with Crippen molar-refractivity contribution >= 4 is 15.0 Å². The zero-order valence-electron chi connectivity index (χ0n) is 15.6. The lowest BCUT2D eigenvalue weighted by Gasteiger charge is -2.50. The van der Waals surface area contributed by atoms with E-state index >= 15 is 0 Å². The van der Waals surface area contributed by atoms with Crippen LogP contribution in [0.4, 0.5) is 0 Å². The van der Waals surface area contributed by atoms with Gasteiger partial charge in [0.25, 0.3) is 0 Å². The molecule has 130 valence electrons. The molecule has 0 heterocycles. The Hall–Kier alpha value is -1.46. The number of benzene rings is 1. The van der Waals surface area contributed by atoms with Crippen molar-refractivity contribution in [2.45, 2.75) is 51.1 Å². The minimum absolute atomic E-state index is 0.226. The molecule has 4 rings (SSSR count). The first-order valence-electron chi connectivity index (χ1n) is 9.31. The molecule has 5 atom stereocenters. The van der Waals surface area contributed by atoms with Crippen LogP contribution in [0.25, 0.3) is 0 Å². The summed E-state index contributed by atoms with van der Waals surface area (Å²) < 4.78 is 0. The van der Waals surface area contributed by atoms with Crippen LogP contribution >= 0.6 is 9.24 Å². The maximum absolute atomic E-state index is 13.5. The molecule has 3 unspecified atom stereocenters. The van der Waals surface area contributed by atoms with Crippen LogP contribution in [-0.2, 0) is 10.2 Å². The number of fused-ring (bicyclic) bond motifs is 3. The summed E-state index contributed by atoms with van der Waals surface area (Å²) in [6, 6.07) is 10.7. The number of rotatable bonds is 1. The number of hydrogen-bond donors (Lipinski definition) is 0. The summed E-state index contributed by atoms with van der Waals surface area (Å²) in [5, 5.41) is -0.227. The average Bonchev–Trinajstić information content (AvgIpc) is 2.76. The van der Waals surface area contributed by atoms with E-state index in [4.69, 9.17) is 0 Å². The molecule has 3 aliphatic rings. The van der Waals surface area contributed by atoms with Crippen molar-refractivity contribution < 1.29 is 4.79 Å². The van der Waals surface area contributed by atoms with E-state index in [0.29, 0.717) is 11.8 Å². The molecule has 1 aromatic carbocycles. The van der Waals surface area contributed by atoms with E-state index in [1.165, 1.54) is 16.7 Å². The van der Waals surface area contributed by atoms with Gasteiger partial charge in [-0.05, 0) is 44.1 Å². The predicted molar refractivity (Wildman–Crippen MR) is 108 cm³/mol. The van der Waals surface area contributed by atoms with Crippen LogP contribution in [0, 0.1) is 11.8 Å². The number of ketones is 1. The largest absolute Gasteiger partial charge is 0.289 e. The molecule has 0 aliphatic heterocycles. The maximum Gasteiger partial charge on any atom is 0.186 e. The number of hydrogen-bond acceptors (Lipinski definition) is 1. The highest BCUT2D eigenvalue weighted by molar-refractivity contribution is 7.20. The first kappa shape index (κ1) is 17.0. The van der Waals surface area contributed by atoms with Crippen molar-refractivity contribution in [3.05, 3.63) is 70.3 Å². The Bertz CT molecular complexity index is 844. The summed E-state index contributed by atoms with van der Waals surface area (Å²) >= 11 is 0. The van der Waals surface area contributed by atoms with Crippen LogP contribution in [-0.4, -0.2) is 10.9 Å². The van der Waals surface area contributed by atoms with Crippen LogP contribution in [0.1, 0.15) is 46.1 Å². The second-order valence-electron chi connectivity index (χ2n) is 8.39. The molecule has 0 aromatic heterocycles. The number of carbonyl (C=O) groups is 1. The summed E-state index contributed by atoms with van der Waals surface area (Å²) in [4.78, 5) is 13.5. The third-order valence-electron chi connectivity index (χ3n) is 6.99. The zero-order chi connectivity index (χ0) is 18.0. The van der Waals surface area contributed by atoms with Crippen molar-refractivity contribution in [1.29, 1.82) is 0 Å². The molecule has 0 N–H and O–H groups in total. The van der Waals surface area contributed by atoms with Crippen LogP contribution in [0.3, 0.4) is 0 Å². The highest BCUT2D eigenvalue weighted by Gasteiger charge is 2.64. The lowest BCUT2D eigenvalue weighted by Crippen LogP contribution is -2.48. The van der Waals surface area contributed by atoms with Crippen LogP contribution in [0.2, 0.25) is 0 Å². The van der Waals surface area contributed by atoms with Crippen molar-refractivity contribution in [1.82, 2.24) is 0 Å². The standard InChI is InChI=1S/C23H27OP/c1-14-10-19-21(24)20-11-15(2)17(4)13-23(20,25)22(19,12-16(14)3)18-8-6-5-7-9-18/h5-11,14,16H,12-13,25H2,1-4H3/t14?,16?,22-,23-/m1/s1. The summed E-state index contributed by atoms with van der Waals surface area (Å²) in [6.45, 7) is 8.94. The molecular weight excluding hydrogens is 323 g/mol. The Balaban J connectivity index is 2.05. The van der Waals surface area contributed by atoms with Crippen LogP contribution < -0.4 is 0 Å². The fourth-order valence-corrected chi connectivity index (χ4v) is 6.17. The van der Waals surface area contributed by atoms with Gasteiger partial charge in [-0.25, -0.2) is 0 Å². The van der Waals surface area contributed by atoms with Gasteiger partial charge in [0, 0.05) is 21.7 Å². The quantitative estimate of drug-likeness (QED) is 0.621. The monoisotopic (exact) mass is 350 g/mol. The molecule has 0 radical (unpaired) electrons. The smallest absolute Gasteiger partial charge is 0.186 e. The summed E-state index contributed by atoms with van der Waals surface area (Å²) in [5.41, 5.74) is 5.75. The Kier molecular flexibility index (Phi) is 3.75. The van der Waals surface area contributed by atoms with Gasteiger partial charge in [0.2, 0.25) is 0 Å². The normalized spacial score (nSPS) is 37.4. The van der Waals surface area contributed by atoms with E-state index in [1.807, 2.05) is 0 Å². The number of Topliss-reactive ketones (excluding diaryl/α,β-unsaturated/α-hetero) is 1. The molecule has 1 fully saturated rings. The van der Waals surface area contributed by atoms with Gasteiger partial charge in [0.15, 0.2) is 5.78 Å². The van der Waals surface area contributed by atoms with Crippen LogP contribution in [0.5, 0.6) is 0 Å². The lowest BCUT2D eigenvalue weighted by atomic mass is 9.58. The van der Waals surface area contributed by atoms with Crippen molar-refractivity contribution in [3.63, 3.8) is 0 Å². The van der Waals surface area contributed by atoms with Gasteiger partial charge < -0.3 is 0 Å². The molecule has 2 heteroatoms. The van der Waals surface area contributed by atoms with Gasteiger partial charge in [0.05, 0.1) is 0 Å².